The summed E-state index contributed by atoms with van der Waals surface area (Å²) in [6.45, 7) is 7.90. The van der Waals surface area contributed by atoms with Crippen molar-refractivity contribution in [1.82, 2.24) is 4.98 Å². The lowest BCUT2D eigenvalue weighted by atomic mass is 9.92. The molecule has 1 aliphatic heterocycles. The predicted octanol–water partition coefficient (Wildman–Crippen LogP) is 4.18. The molecule has 1 aromatic carbocycles. The van der Waals surface area contributed by atoms with Crippen LogP contribution >= 0.6 is 11.3 Å². The molecular weight excluding hydrogens is 282 g/mol. The number of benzene rings is 1. The standard InChI is InChI=1S/C17H17NO2S/c1-10-16(18-11(2)21-10)13-6-5-12-7-14(9-19)17(3,4)20-15(12)8-13/h5-9H,1-4H3. The lowest BCUT2D eigenvalue weighted by Crippen LogP contribution is -2.33. The zero-order chi connectivity index (χ0) is 15.2. The second-order valence-electron chi connectivity index (χ2n) is 5.72. The number of carbonyl (C=O) groups excluding carboxylic acids is 1. The molecule has 0 unspecified atom stereocenters. The van der Waals surface area contributed by atoms with Gasteiger partial charge in [0, 0.05) is 21.6 Å². The molecule has 0 radical (unpaired) electrons. The van der Waals surface area contributed by atoms with Crippen molar-refractivity contribution in [2.45, 2.75) is 33.3 Å². The summed E-state index contributed by atoms with van der Waals surface area (Å²) in [7, 11) is 0. The van der Waals surface area contributed by atoms with E-state index in [9.17, 15) is 4.79 Å². The molecule has 0 bridgehead atoms. The molecule has 0 atom stereocenters. The number of aryl methyl sites for hydroxylation is 2. The van der Waals surface area contributed by atoms with E-state index in [4.69, 9.17) is 4.74 Å². The van der Waals surface area contributed by atoms with Gasteiger partial charge in [0.15, 0.2) is 0 Å². The Morgan fingerprint density at radius 1 is 1.29 bits per heavy atom. The van der Waals surface area contributed by atoms with E-state index in [0.29, 0.717) is 5.57 Å². The number of hydrogen-bond acceptors (Lipinski definition) is 4. The van der Waals surface area contributed by atoms with E-state index in [2.05, 4.69) is 11.9 Å². The van der Waals surface area contributed by atoms with Gasteiger partial charge in [0.2, 0.25) is 0 Å². The Morgan fingerprint density at radius 2 is 2.05 bits per heavy atom. The Kier molecular flexibility index (Phi) is 3.21. The van der Waals surface area contributed by atoms with Crippen LogP contribution in [0.4, 0.5) is 0 Å². The normalized spacial score (nSPS) is 15.9. The lowest BCUT2D eigenvalue weighted by Gasteiger charge is -2.31. The average molecular weight is 299 g/mol. The number of aromatic nitrogens is 1. The van der Waals surface area contributed by atoms with Gasteiger partial charge in [0.1, 0.15) is 17.6 Å². The van der Waals surface area contributed by atoms with Gasteiger partial charge in [-0.3, -0.25) is 4.79 Å². The average Bonchev–Trinajstić information content (AvgIpc) is 2.75. The van der Waals surface area contributed by atoms with Crippen LogP contribution in [0.2, 0.25) is 0 Å². The predicted molar refractivity (Wildman–Crippen MR) is 85.8 cm³/mol. The van der Waals surface area contributed by atoms with E-state index in [1.165, 1.54) is 4.88 Å². The maximum atomic E-state index is 11.2. The zero-order valence-electron chi connectivity index (χ0n) is 12.6. The quantitative estimate of drug-likeness (QED) is 0.781. The maximum Gasteiger partial charge on any atom is 0.150 e. The largest absolute Gasteiger partial charge is 0.482 e. The Labute approximate surface area is 128 Å². The summed E-state index contributed by atoms with van der Waals surface area (Å²) >= 11 is 1.70. The first-order chi connectivity index (χ1) is 9.90. The maximum absolute atomic E-state index is 11.2. The number of aldehydes is 1. The second-order valence-corrected chi connectivity index (χ2v) is 7.13. The highest BCUT2D eigenvalue weighted by Crippen LogP contribution is 2.38. The van der Waals surface area contributed by atoms with Crippen molar-refractivity contribution in [2.24, 2.45) is 0 Å². The molecule has 0 saturated heterocycles. The van der Waals surface area contributed by atoms with Crippen LogP contribution in [0.15, 0.2) is 23.8 Å². The summed E-state index contributed by atoms with van der Waals surface area (Å²) in [5, 5.41) is 1.06. The Hall–Kier alpha value is -1.94. The van der Waals surface area contributed by atoms with Crippen LogP contribution in [0.1, 0.15) is 29.3 Å². The highest BCUT2D eigenvalue weighted by Gasteiger charge is 2.30. The topological polar surface area (TPSA) is 39.2 Å². The fourth-order valence-electron chi connectivity index (χ4n) is 2.54. The van der Waals surface area contributed by atoms with Gasteiger partial charge in [-0.25, -0.2) is 4.98 Å². The number of hydrogen-bond donors (Lipinski definition) is 0. The van der Waals surface area contributed by atoms with Crippen LogP contribution in [-0.4, -0.2) is 16.9 Å². The Balaban J connectivity index is 2.10. The number of thiazole rings is 1. The SMILES string of the molecule is Cc1nc(-c2ccc3c(c2)OC(C)(C)C(C=O)=C3)c(C)s1. The van der Waals surface area contributed by atoms with Gasteiger partial charge in [-0.1, -0.05) is 12.1 Å². The van der Waals surface area contributed by atoms with E-state index in [0.717, 1.165) is 33.9 Å². The molecule has 0 N–H and O–H groups in total. The molecule has 21 heavy (non-hydrogen) atoms. The van der Waals surface area contributed by atoms with Crippen molar-refractivity contribution in [3.05, 3.63) is 39.2 Å². The van der Waals surface area contributed by atoms with E-state index >= 15 is 0 Å². The van der Waals surface area contributed by atoms with Gasteiger partial charge in [0.25, 0.3) is 0 Å². The van der Waals surface area contributed by atoms with E-state index in [-0.39, 0.29) is 0 Å². The van der Waals surface area contributed by atoms with Crippen LogP contribution in [0.25, 0.3) is 17.3 Å². The molecule has 0 saturated carbocycles. The molecule has 2 heterocycles. The van der Waals surface area contributed by atoms with Crippen LogP contribution in [0.3, 0.4) is 0 Å². The van der Waals surface area contributed by atoms with E-state index < -0.39 is 5.60 Å². The van der Waals surface area contributed by atoms with Gasteiger partial charge in [-0.2, -0.15) is 0 Å². The third-order valence-corrected chi connectivity index (χ3v) is 4.58. The Bertz CT molecular complexity index is 756. The molecule has 4 heteroatoms. The molecule has 0 spiro atoms. The summed E-state index contributed by atoms with van der Waals surface area (Å²) in [6, 6.07) is 6.02. The van der Waals surface area contributed by atoms with Crippen molar-refractivity contribution in [3.63, 3.8) is 0 Å². The van der Waals surface area contributed by atoms with Crippen LogP contribution < -0.4 is 4.74 Å². The van der Waals surface area contributed by atoms with Crippen molar-refractivity contribution in [2.75, 3.05) is 0 Å². The second kappa shape index (κ2) is 4.81. The molecule has 2 aromatic rings. The molecule has 3 rings (SSSR count). The number of rotatable bonds is 2. The van der Waals surface area contributed by atoms with Gasteiger partial charge in [-0.05, 0) is 39.8 Å². The number of carbonyl (C=O) groups is 1. The van der Waals surface area contributed by atoms with Gasteiger partial charge >= 0.3 is 0 Å². The fourth-order valence-corrected chi connectivity index (χ4v) is 3.38. The van der Waals surface area contributed by atoms with Crippen molar-refractivity contribution in [1.29, 1.82) is 0 Å². The minimum Gasteiger partial charge on any atom is -0.482 e. The van der Waals surface area contributed by atoms with Gasteiger partial charge in [0.05, 0.1) is 10.7 Å². The summed E-state index contributed by atoms with van der Waals surface area (Å²) in [6.07, 6.45) is 2.76. The Morgan fingerprint density at radius 3 is 2.67 bits per heavy atom. The summed E-state index contributed by atoms with van der Waals surface area (Å²) in [5.41, 5.74) is 3.05. The zero-order valence-corrected chi connectivity index (χ0v) is 13.4. The van der Waals surface area contributed by atoms with Crippen molar-refractivity contribution in [3.8, 4) is 17.0 Å². The molecule has 3 nitrogen and oxygen atoms in total. The molecule has 108 valence electrons. The monoisotopic (exact) mass is 299 g/mol. The number of nitrogens with zero attached hydrogens (tertiary/aromatic N) is 1. The number of ether oxygens (including phenoxy) is 1. The molecular formula is C17H17NO2S. The van der Waals surface area contributed by atoms with Crippen molar-refractivity contribution < 1.29 is 9.53 Å². The molecule has 0 amide bonds. The lowest BCUT2D eigenvalue weighted by molar-refractivity contribution is -0.106. The summed E-state index contributed by atoms with van der Waals surface area (Å²) < 4.78 is 6.01. The minimum atomic E-state index is -0.597. The van der Waals surface area contributed by atoms with Gasteiger partial charge < -0.3 is 4.74 Å². The first-order valence-electron chi connectivity index (χ1n) is 6.85. The molecule has 0 fully saturated rings. The third kappa shape index (κ3) is 2.40. The van der Waals surface area contributed by atoms with Crippen LogP contribution in [-0.2, 0) is 4.79 Å². The highest BCUT2D eigenvalue weighted by molar-refractivity contribution is 7.11. The van der Waals surface area contributed by atoms with E-state index in [1.54, 1.807) is 11.3 Å². The third-order valence-electron chi connectivity index (χ3n) is 3.69. The highest BCUT2D eigenvalue weighted by atomic mass is 32.1. The fraction of sp³-hybridized carbons (Fsp3) is 0.294. The molecule has 1 aliphatic rings. The summed E-state index contributed by atoms with van der Waals surface area (Å²) in [4.78, 5) is 17.0. The van der Waals surface area contributed by atoms with Crippen LogP contribution in [0.5, 0.6) is 5.75 Å². The summed E-state index contributed by atoms with van der Waals surface area (Å²) in [5.74, 6) is 0.799. The van der Waals surface area contributed by atoms with Crippen LogP contribution in [0, 0.1) is 13.8 Å². The first-order valence-corrected chi connectivity index (χ1v) is 7.67. The smallest absolute Gasteiger partial charge is 0.150 e. The molecule has 0 aliphatic carbocycles. The van der Waals surface area contributed by atoms with Crippen molar-refractivity contribution >= 4 is 23.7 Å². The van der Waals surface area contributed by atoms with Gasteiger partial charge in [-0.15, -0.1) is 11.3 Å². The first kappa shape index (κ1) is 14.0. The molecule has 1 aromatic heterocycles. The number of fused-ring (bicyclic) bond motifs is 1. The van der Waals surface area contributed by atoms with E-state index in [1.807, 2.05) is 45.0 Å². The minimum absolute atomic E-state index is 0.597.